The van der Waals surface area contributed by atoms with Gasteiger partial charge in [-0.2, -0.15) is 0 Å². The molecule has 0 aliphatic rings. The molecule has 0 rings (SSSR count). The molecule has 6 heteroatoms. The fourth-order valence-electron chi connectivity index (χ4n) is 0.825. The van der Waals surface area contributed by atoms with Crippen molar-refractivity contribution in [2.75, 3.05) is 24.4 Å². The SMILES string of the molecule is CC(=O)OCCCCBr.CC(=O)OCCCCCl. The van der Waals surface area contributed by atoms with Crippen molar-refractivity contribution in [3.05, 3.63) is 0 Å². The molecule has 0 atom stereocenters. The zero-order valence-corrected chi connectivity index (χ0v) is 13.4. The summed E-state index contributed by atoms with van der Waals surface area (Å²) in [6.45, 7) is 3.89. The Kier molecular flexibility index (Phi) is 18.6. The van der Waals surface area contributed by atoms with Crippen LogP contribution in [0.4, 0.5) is 0 Å². The second-order valence-corrected chi connectivity index (χ2v) is 4.64. The Morgan fingerprint density at radius 2 is 1.39 bits per heavy atom. The van der Waals surface area contributed by atoms with Gasteiger partial charge in [-0.1, -0.05) is 15.9 Å². The standard InChI is InChI=1S/C6H11BrO2.C6H11ClO2/c2*1-6(8)9-5-3-2-4-7/h2*2-5H2,1H3. The first-order valence-corrected chi connectivity index (χ1v) is 7.58. The van der Waals surface area contributed by atoms with Crippen LogP contribution in [0.1, 0.15) is 39.5 Å². The van der Waals surface area contributed by atoms with Gasteiger partial charge in [-0.15, -0.1) is 11.6 Å². The molecule has 0 aliphatic carbocycles. The molecule has 0 amide bonds. The van der Waals surface area contributed by atoms with E-state index in [2.05, 4.69) is 25.4 Å². The van der Waals surface area contributed by atoms with Gasteiger partial charge in [0.05, 0.1) is 13.2 Å². The summed E-state index contributed by atoms with van der Waals surface area (Å²) in [6.07, 6.45) is 3.79. The largest absolute Gasteiger partial charge is 0.466 e. The predicted molar refractivity (Wildman–Crippen MR) is 76.2 cm³/mol. The van der Waals surface area contributed by atoms with Gasteiger partial charge < -0.3 is 9.47 Å². The molecule has 0 spiro atoms. The van der Waals surface area contributed by atoms with E-state index < -0.39 is 0 Å². The lowest BCUT2D eigenvalue weighted by atomic mass is 10.4. The Morgan fingerprint density at radius 1 is 0.944 bits per heavy atom. The van der Waals surface area contributed by atoms with E-state index in [1.54, 1.807) is 0 Å². The van der Waals surface area contributed by atoms with Gasteiger partial charge in [-0.05, 0) is 25.7 Å². The van der Waals surface area contributed by atoms with Crippen molar-refractivity contribution in [3.8, 4) is 0 Å². The zero-order valence-electron chi connectivity index (χ0n) is 11.0. The lowest BCUT2D eigenvalue weighted by molar-refractivity contribution is -0.142. The Bertz CT molecular complexity index is 190. The molecule has 0 aromatic rings. The van der Waals surface area contributed by atoms with Crippen molar-refractivity contribution in [2.45, 2.75) is 39.5 Å². The minimum absolute atomic E-state index is 0.190. The van der Waals surface area contributed by atoms with Crippen LogP contribution in [0.25, 0.3) is 0 Å². The molecule has 0 radical (unpaired) electrons. The first-order chi connectivity index (χ1) is 8.54. The smallest absolute Gasteiger partial charge is 0.302 e. The molecule has 0 N–H and O–H groups in total. The van der Waals surface area contributed by atoms with Crippen LogP contribution in [0.5, 0.6) is 0 Å². The highest BCUT2D eigenvalue weighted by Gasteiger charge is 1.91. The fourth-order valence-corrected chi connectivity index (χ4v) is 1.41. The molecule has 0 saturated carbocycles. The molecule has 0 aromatic carbocycles. The van der Waals surface area contributed by atoms with Crippen LogP contribution >= 0.6 is 27.5 Å². The number of hydrogen-bond acceptors (Lipinski definition) is 4. The second-order valence-electron chi connectivity index (χ2n) is 3.47. The molecule has 4 nitrogen and oxygen atoms in total. The fraction of sp³-hybridized carbons (Fsp3) is 0.833. The van der Waals surface area contributed by atoms with Crippen LogP contribution < -0.4 is 0 Å². The van der Waals surface area contributed by atoms with E-state index in [1.165, 1.54) is 13.8 Å². The Hall–Kier alpha value is -0.290. The van der Waals surface area contributed by atoms with E-state index in [1.807, 2.05) is 0 Å². The molecular weight excluding hydrogens is 323 g/mol. The van der Waals surface area contributed by atoms with E-state index in [0.717, 1.165) is 31.0 Å². The van der Waals surface area contributed by atoms with Crippen LogP contribution in [-0.2, 0) is 19.1 Å². The third kappa shape index (κ3) is 24.8. The lowest BCUT2D eigenvalue weighted by Crippen LogP contribution is -2.00. The Balaban J connectivity index is 0. The highest BCUT2D eigenvalue weighted by molar-refractivity contribution is 9.09. The number of carbonyl (C=O) groups excluding carboxylic acids is 2. The number of hydrogen-bond donors (Lipinski definition) is 0. The van der Waals surface area contributed by atoms with Crippen molar-refractivity contribution in [1.29, 1.82) is 0 Å². The summed E-state index contributed by atoms with van der Waals surface area (Å²) in [5, 5.41) is 0.980. The summed E-state index contributed by atoms with van der Waals surface area (Å²) in [5.41, 5.74) is 0. The summed E-state index contributed by atoms with van der Waals surface area (Å²) < 4.78 is 9.33. The van der Waals surface area contributed by atoms with Crippen molar-refractivity contribution in [3.63, 3.8) is 0 Å². The highest BCUT2D eigenvalue weighted by atomic mass is 79.9. The summed E-state index contributed by atoms with van der Waals surface area (Å²) in [5.74, 6) is 0.232. The third-order valence-electron chi connectivity index (χ3n) is 1.67. The number of ether oxygens (including phenoxy) is 2. The topological polar surface area (TPSA) is 52.6 Å². The average molecular weight is 346 g/mol. The number of halogens is 2. The van der Waals surface area contributed by atoms with Crippen molar-refractivity contribution in [2.24, 2.45) is 0 Å². The highest BCUT2D eigenvalue weighted by Crippen LogP contribution is 1.94. The van der Waals surface area contributed by atoms with E-state index in [-0.39, 0.29) is 11.9 Å². The second kappa shape index (κ2) is 16.7. The summed E-state index contributed by atoms with van der Waals surface area (Å²) in [6, 6.07) is 0. The molecule has 0 unspecified atom stereocenters. The van der Waals surface area contributed by atoms with Gasteiger partial charge in [0.2, 0.25) is 0 Å². The van der Waals surface area contributed by atoms with Crippen LogP contribution in [0.2, 0.25) is 0 Å². The average Bonchev–Trinajstić information content (AvgIpc) is 2.31. The normalized spacial score (nSPS) is 9.11. The van der Waals surface area contributed by atoms with Gasteiger partial charge in [-0.25, -0.2) is 0 Å². The number of unbranched alkanes of at least 4 members (excludes halogenated alkanes) is 2. The van der Waals surface area contributed by atoms with E-state index in [0.29, 0.717) is 19.1 Å². The van der Waals surface area contributed by atoms with Gasteiger partial charge in [0, 0.05) is 25.1 Å². The molecule has 0 saturated heterocycles. The first kappa shape index (κ1) is 20.0. The van der Waals surface area contributed by atoms with Gasteiger partial charge in [0.25, 0.3) is 0 Å². The van der Waals surface area contributed by atoms with Gasteiger partial charge in [0.1, 0.15) is 0 Å². The van der Waals surface area contributed by atoms with Gasteiger partial charge >= 0.3 is 11.9 Å². The van der Waals surface area contributed by atoms with E-state index >= 15 is 0 Å². The maximum absolute atomic E-state index is 10.2. The monoisotopic (exact) mass is 344 g/mol. The molecule has 0 aromatic heterocycles. The number of esters is 2. The zero-order chi connectivity index (χ0) is 14.2. The molecular formula is C12H22BrClO4. The molecule has 0 fully saturated rings. The summed E-state index contributed by atoms with van der Waals surface area (Å²) in [7, 11) is 0. The maximum Gasteiger partial charge on any atom is 0.302 e. The van der Waals surface area contributed by atoms with Crippen LogP contribution in [0.15, 0.2) is 0 Å². The molecule has 0 heterocycles. The third-order valence-corrected chi connectivity index (χ3v) is 2.49. The lowest BCUT2D eigenvalue weighted by Gasteiger charge is -1.97. The minimum Gasteiger partial charge on any atom is -0.466 e. The van der Waals surface area contributed by atoms with Crippen LogP contribution in [0, 0.1) is 0 Å². The maximum atomic E-state index is 10.2. The minimum atomic E-state index is -0.218. The van der Waals surface area contributed by atoms with Crippen molar-refractivity contribution in [1.82, 2.24) is 0 Å². The van der Waals surface area contributed by atoms with Crippen LogP contribution in [0.3, 0.4) is 0 Å². The quantitative estimate of drug-likeness (QED) is 0.385. The number of carbonyl (C=O) groups is 2. The molecule has 108 valence electrons. The molecule has 0 aliphatic heterocycles. The number of rotatable bonds is 8. The van der Waals surface area contributed by atoms with Crippen molar-refractivity contribution < 1.29 is 19.1 Å². The molecule has 0 bridgehead atoms. The molecule has 18 heavy (non-hydrogen) atoms. The van der Waals surface area contributed by atoms with Crippen molar-refractivity contribution >= 4 is 39.5 Å². The summed E-state index contributed by atoms with van der Waals surface area (Å²) in [4.78, 5) is 20.3. The number of alkyl halides is 2. The van der Waals surface area contributed by atoms with E-state index in [4.69, 9.17) is 11.6 Å². The van der Waals surface area contributed by atoms with Gasteiger partial charge in [0.15, 0.2) is 0 Å². The Morgan fingerprint density at radius 3 is 1.72 bits per heavy atom. The Labute approximate surface area is 122 Å². The van der Waals surface area contributed by atoms with Gasteiger partial charge in [-0.3, -0.25) is 9.59 Å². The van der Waals surface area contributed by atoms with E-state index in [9.17, 15) is 9.59 Å². The van der Waals surface area contributed by atoms with Crippen LogP contribution in [-0.4, -0.2) is 36.4 Å². The summed E-state index contributed by atoms with van der Waals surface area (Å²) >= 11 is 8.65. The predicted octanol–water partition coefficient (Wildman–Crippen LogP) is 3.29. The first-order valence-electron chi connectivity index (χ1n) is 5.93.